The minimum atomic E-state index is 0.637. The van der Waals surface area contributed by atoms with Gasteiger partial charge < -0.3 is 4.90 Å². The number of hydrogen-bond acceptors (Lipinski definition) is 1. The van der Waals surface area contributed by atoms with Crippen molar-refractivity contribution in [1.29, 1.82) is 0 Å². The van der Waals surface area contributed by atoms with Crippen molar-refractivity contribution >= 4 is 15.9 Å². The summed E-state index contributed by atoms with van der Waals surface area (Å²) in [4.78, 5) is 2.75. The van der Waals surface area contributed by atoms with Gasteiger partial charge in [0.05, 0.1) is 0 Å². The van der Waals surface area contributed by atoms with Gasteiger partial charge in [-0.2, -0.15) is 0 Å². The maximum Gasteiger partial charge on any atom is 0.0100 e. The summed E-state index contributed by atoms with van der Waals surface area (Å²) in [6, 6.07) is 0. The first-order valence-corrected chi connectivity index (χ1v) is 8.56. The highest BCUT2D eigenvalue weighted by Crippen LogP contribution is 2.43. The fourth-order valence-corrected chi connectivity index (χ4v) is 4.23. The Balaban J connectivity index is 1.82. The Kier molecular flexibility index (Phi) is 4.94. The summed E-state index contributed by atoms with van der Waals surface area (Å²) >= 11 is 3.74. The molecule has 1 heterocycles. The average Bonchev–Trinajstić information content (AvgIpc) is 2.48. The molecule has 0 aromatic heterocycles. The fourth-order valence-electron chi connectivity index (χ4n) is 3.49. The average molecular weight is 302 g/mol. The van der Waals surface area contributed by atoms with Gasteiger partial charge in [-0.05, 0) is 62.4 Å². The SMILES string of the molecule is CC(C)C1CCCN(CC2(CBr)CCC2)CC1. The van der Waals surface area contributed by atoms with E-state index in [1.807, 2.05) is 0 Å². The zero-order chi connectivity index (χ0) is 12.3. The number of halogens is 1. The van der Waals surface area contributed by atoms with E-state index in [4.69, 9.17) is 0 Å². The van der Waals surface area contributed by atoms with Gasteiger partial charge in [-0.1, -0.05) is 36.2 Å². The number of alkyl halides is 1. The van der Waals surface area contributed by atoms with Crippen molar-refractivity contribution in [1.82, 2.24) is 4.90 Å². The third-order valence-electron chi connectivity index (χ3n) is 5.06. The van der Waals surface area contributed by atoms with E-state index in [1.165, 1.54) is 63.5 Å². The highest BCUT2D eigenvalue weighted by atomic mass is 79.9. The molecule has 1 aliphatic carbocycles. The van der Waals surface area contributed by atoms with Crippen molar-refractivity contribution in [3.63, 3.8) is 0 Å². The van der Waals surface area contributed by atoms with Crippen molar-refractivity contribution < 1.29 is 0 Å². The van der Waals surface area contributed by atoms with Gasteiger partial charge in [0.25, 0.3) is 0 Å². The van der Waals surface area contributed by atoms with Crippen molar-refractivity contribution in [2.24, 2.45) is 17.3 Å². The fraction of sp³-hybridized carbons (Fsp3) is 1.00. The first-order chi connectivity index (χ1) is 8.15. The summed E-state index contributed by atoms with van der Waals surface area (Å²) in [6.45, 7) is 8.83. The maximum atomic E-state index is 3.74. The lowest BCUT2D eigenvalue weighted by Crippen LogP contribution is -2.44. The van der Waals surface area contributed by atoms with Crippen LogP contribution in [0.1, 0.15) is 52.4 Å². The molecule has 0 bridgehead atoms. The molecule has 0 radical (unpaired) electrons. The molecule has 1 saturated heterocycles. The van der Waals surface area contributed by atoms with Crippen LogP contribution in [-0.4, -0.2) is 29.9 Å². The Morgan fingerprint density at radius 3 is 2.47 bits per heavy atom. The molecule has 1 nitrogen and oxygen atoms in total. The molecule has 17 heavy (non-hydrogen) atoms. The van der Waals surface area contributed by atoms with E-state index in [2.05, 4.69) is 34.7 Å². The summed E-state index contributed by atoms with van der Waals surface area (Å²) in [6.07, 6.45) is 8.64. The van der Waals surface area contributed by atoms with E-state index < -0.39 is 0 Å². The van der Waals surface area contributed by atoms with Gasteiger partial charge in [-0.3, -0.25) is 0 Å². The molecule has 0 N–H and O–H groups in total. The Labute approximate surface area is 115 Å². The second-order valence-electron chi connectivity index (χ2n) is 6.70. The summed E-state index contributed by atoms with van der Waals surface area (Å²) in [5.74, 6) is 1.85. The number of likely N-dealkylation sites (tertiary alicyclic amines) is 1. The topological polar surface area (TPSA) is 3.24 Å². The van der Waals surface area contributed by atoms with Crippen molar-refractivity contribution in [2.75, 3.05) is 25.0 Å². The van der Waals surface area contributed by atoms with Crippen LogP contribution in [0.25, 0.3) is 0 Å². The van der Waals surface area contributed by atoms with Crippen LogP contribution >= 0.6 is 15.9 Å². The van der Waals surface area contributed by atoms with Crippen LogP contribution in [0.15, 0.2) is 0 Å². The first kappa shape index (κ1) is 13.9. The van der Waals surface area contributed by atoms with E-state index >= 15 is 0 Å². The van der Waals surface area contributed by atoms with Gasteiger partial charge in [-0.25, -0.2) is 0 Å². The summed E-state index contributed by atoms with van der Waals surface area (Å²) in [5, 5.41) is 1.21. The molecule has 0 spiro atoms. The summed E-state index contributed by atoms with van der Waals surface area (Å²) in [7, 11) is 0. The molecule has 1 saturated carbocycles. The molecule has 2 fully saturated rings. The van der Waals surface area contributed by atoms with Crippen LogP contribution in [0.5, 0.6) is 0 Å². The van der Waals surface area contributed by atoms with Crippen LogP contribution in [0.3, 0.4) is 0 Å². The van der Waals surface area contributed by atoms with Gasteiger partial charge in [0, 0.05) is 11.9 Å². The molecule has 0 amide bonds. The van der Waals surface area contributed by atoms with E-state index in [9.17, 15) is 0 Å². The smallest absolute Gasteiger partial charge is 0.0100 e. The molecule has 2 rings (SSSR count). The monoisotopic (exact) mass is 301 g/mol. The van der Waals surface area contributed by atoms with Crippen molar-refractivity contribution in [2.45, 2.75) is 52.4 Å². The second-order valence-corrected chi connectivity index (χ2v) is 7.26. The molecule has 2 aliphatic rings. The quantitative estimate of drug-likeness (QED) is 0.699. The van der Waals surface area contributed by atoms with Crippen LogP contribution < -0.4 is 0 Å². The molecule has 1 atom stereocenters. The molecule has 2 heteroatoms. The number of hydrogen-bond donors (Lipinski definition) is 0. The largest absolute Gasteiger partial charge is 0.303 e. The summed E-state index contributed by atoms with van der Waals surface area (Å²) < 4.78 is 0. The molecule has 100 valence electrons. The van der Waals surface area contributed by atoms with Gasteiger partial charge >= 0.3 is 0 Å². The number of rotatable bonds is 4. The predicted molar refractivity (Wildman–Crippen MR) is 78.7 cm³/mol. The maximum absolute atomic E-state index is 3.74. The predicted octanol–water partition coefficient (Wildman–Crippen LogP) is 4.31. The molecular weight excluding hydrogens is 274 g/mol. The highest BCUT2D eigenvalue weighted by Gasteiger charge is 2.37. The summed E-state index contributed by atoms with van der Waals surface area (Å²) in [5.41, 5.74) is 0.637. The Morgan fingerprint density at radius 1 is 1.18 bits per heavy atom. The Morgan fingerprint density at radius 2 is 1.94 bits per heavy atom. The van der Waals surface area contributed by atoms with Gasteiger partial charge in [-0.15, -0.1) is 0 Å². The Hall–Kier alpha value is 0.440. The lowest BCUT2D eigenvalue weighted by Gasteiger charge is -2.44. The molecule has 1 aliphatic heterocycles. The molecule has 0 aromatic rings. The number of nitrogens with zero attached hydrogens (tertiary/aromatic N) is 1. The third kappa shape index (κ3) is 3.47. The molecule has 1 unspecified atom stereocenters. The van der Waals surface area contributed by atoms with Crippen LogP contribution in [0, 0.1) is 17.3 Å². The van der Waals surface area contributed by atoms with Crippen LogP contribution in [0.2, 0.25) is 0 Å². The van der Waals surface area contributed by atoms with Crippen molar-refractivity contribution in [3.8, 4) is 0 Å². The van der Waals surface area contributed by atoms with Gasteiger partial charge in [0.15, 0.2) is 0 Å². The lowest BCUT2D eigenvalue weighted by atomic mass is 9.70. The van der Waals surface area contributed by atoms with Gasteiger partial charge in [0.1, 0.15) is 0 Å². The van der Waals surface area contributed by atoms with Crippen LogP contribution in [0.4, 0.5) is 0 Å². The Bertz CT molecular complexity index is 230. The normalized spacial score (nSPS) is 30.0. The van der Waals surface area contributed by atoms with E-state index in [-0.39, 0.29) is 0 Å². The van der Waals surface area contributed by atoms with Gasteiger partial charge in [0.2, 0.25) is 0 Å². The molecule has 0 aromatic carbocycles. The minimum absolute atomic E-state index is 0.637. The van der Waals surface area contributed by atoms with E-state index in [0.717, 1.165) is 11.8 Å². The van der Waals surface area contributed by atoms with Crippen LogP contribution in [-0.2, 0) is 0 Å². The second kappa shape index (κ2) is 6.06. The zero-order valence-corrected chi connectivity index (χ0v) is 13.1. The zero-order valence-electron chi connectivity index (χ0n) is 11.6. The standard InChI is InChI=1S/C15H28BrN/c1-13(2)14-5-3-9-17(10-6-14)12-15(11-16)7-4-8-15/h13-14H,3-12H2,1-2H3. The first-order valence-electron chi connectivity index (χ1n) is 7.43. The van der Waals surface area contributed by atoms with E-state index in [1.54, 1.807) is 0 Å². The molecular formula is C15H28BrN. The van der Waals surface area contributed by atoms with Crippen molar-refractivity contribution in [3.05, 3.63) is 0 Å². The lowest BCUT2D eigenvalue weighted by molar-refractivity contribution is 0.0921. The van der Waals surface area contributed by atoms with E-state index in [0.29, 0.717) is 5.41 Å². The third-order valence-corrected chi connectivity index (χ3v) is 6.25. The minimum Gasteiger partial charge on any atom is -0.303 e. The highest BCUT2D eigenvalue weighted by molar-refractivity contribution is 9.09.